The van der Waals surface area contributed by atoms with E-state index in [1.54, 1.807) is 5.56 Å². The van der Waals surface area contributed by atoms with E-state index in [9.17, 15) is 0 Å². The van der Waals surface area contributed by atoms with Crippen LogP contribution in [0.25, 0.3) is 0 Å². The number of nitrogens with one attached hydrogen (secondary N) is 1. The Morgan fingerprint density at radius 1 is 1.27 bits per heavy atom. The van der Waals surface area contributed by atoms with E-state index in [0.29, 0.717) is 6.04 Å². The normalized spacial score (nSPS) is 25.8. The number of aryl methyl sites for hydroxylation is 2. The lowest BCUT2D eigenvalue weighted by atomic mass is 9.87. The lowest BCUT2D eigenvalue weighted by Crippen LogP contribution is -2.19. The van der Waals surface area contributed by atoms with Crippen LogP contribution in [0.2, 0.25) is 0 Å². The zero-order valence-electron chi connectivity index (χ0n) is 10.0. The fourth-order valence-electron chi connectivity index (χ4n) is 2.85. The molecule has 0 aliphatic carbocycles. The van der Waals surface area contributed by atoms with Crippen molar-refractivity contribution < 1.29 is 0 Å². The summed E-state index contributed by atoms with van der Waals surface area (Å²) < 4.78 is 0. The van der Waals surface area contributed by atoms with Gasteiger partial charge in [0.05, 0.1) is 0 Å². The summed E-state index contributed by atoms with van der Waals surface area (Å²) in [5.74, 6) is 0.824. The lowest BCUT2D eigenvalue weighted by molar-refractivity contribution is 0.446. The van der Waals surface area contributed by atoms with Gasteiger partial charge in [-0.05, 0) is 49.4 Å². The molecule has 1 aromatic carbocycles. The molecule has 1 aliphatic rings. The van der Waals surface area contributed by atoms with Gasteiger partial charge < -0.3 is 5.32 Å². The van der Waals surface area contributed by atoms with Crippen molar-refractivity contribution in [3.8, 4) is 0 Å². The van der Waals surface area contributed by atoms with E-state index >= 15 is 0 Å². The van der Waals surface area contributed by atoms with Crippen LogP contribution in [-0.2, 0) is 0 Å². The smallest absolute Gasteiger partial charge is 0.0354 e. The second-order valence-electron chi connectivity index (χ2n) is 4.69. The fraction of sp³-hybridized carbons (Fsp3) is 0.571. The first-order chi connectivity index (χ1) is 7.24. The predicted molar refractivity (Wildman–Crippen MR) is 65.1 cm³/mol. The standard InChI is InChI=1S/C14H21N/c1-4-12-8-9-15-14(12)13-10(2)6-5-7-11(13)3/h5-7,12,14-15H,4,8-9H2,1-3H3. The van der Waals surface area contributed by atoms with Crippen molar-refractivity contribution in [2.75, 3.05) is 6.54 Å². The first-order valence-electron chi connectivity index (χ1n) is 6.03. The molecule has 2 atom stereocenters. The highest BCUT2D eigenvalue weighted by molar-refractivity contribution is 5.37. The third-order valence-corrected chi connectivity index (χ3v) is 3.73. The van der Waals surface area contributed by atoms with Gasteiger partial charge in [0.15, 0.2) is 0 Å². The molecule has 1 saturated heterocycles. The third kappa shape index (κ3) is 1.93. The summed E-state index contributed by atoms with van der Waals surface area (Å²) in [5, 5.41) is 3.66. The van der Waals surface area contributed by atoms with E-state index in [0.717, 1.165) is 5.92 Å². The Hall–Kier alpha value is -0.820. The maximum absolute atomic E-state index is 3.66. The van der Waals surface area contributed by atoms with Crippen molar-refractivity contribution >= 4 is 0 Å². The largest absolute Gasteiger partial charge is 0.310 e. The van der Waals surface area contributed by atoms with Crippen molar-refractivity contribution in [1.82, 2.24) is 5.32 Å². The second kappa shape index (κ2) is 4.36. The van der Waals surface area contributed by atoms with E-state index < -0.39 is 0 Å². The van der Waals surface area contributed by atoms with Crippen molar-refractivity contribution in [2.24, 2.45) is 5.92 Å². The molecule has 1 aromatic rings. The zero-order valence-corrected chi connectivity index (χ0v) is 10.0. The minimum absolute atomic E-state index is 0.594. The molecule has 0 bridgehead atoms. The Morgan fingerprint density at radius 2 is 1.93 bits per heavy atom. The van der Waals surface area contributed by atoms with E-state index in [-0.39, 0.29) is 0 Å². The molecule has 1 N–H and O–H groups in total. The minimum Gasteiger partial charge on any atom is -0.310 e. The maximum Gasteiger partial charge on any atom is 0.0354 e. The Bertz CT molecular complexity index is 323. The summed E-state index contributed by atoms with van der Waals surface area (Å²) in [7, 11) is 0. The highest BCUT2D eigenvalue weighted by Gasteiger charge is 2.28. The van der Waals surface area contributed by atoms with Crippen molar-refractivity contribution in [3.63, 3.8) is 0 Å². The molecule has 1 nitrogen and oxygen atoms in total. The van der Waals surface area contributed by atoms with Gasteiger partial charge in [0, 0.05) is 6.04 Å². The van der Waals surface area contributed by atoms with Crippen LogP contribution in [0.1, 0.15) is 42.5 Å². The second-order valence-corrected chi connectivity index (χ2v) is 4.69. The zero-order chi connectivity index (χ0) is 10.8. The minimum atomic E-state index is 0.594. The van der Waals surface area contributed by atoms with Crippen LogP contribution in [0, 0.1) is 19.8 Å². The number of rotatable bonds is 2. The topological polar surface area (TPSA) is 12.0 Å². The molecule has 0 saturated carbocycles. The van der Waals surface area contributed by atoms with Crippen LogP contribution >= 0.6 is 0 Å². The summed E-state index contributed by atoms with van der Waals surface area (Å²) >= 11 is 0. The molecule has 82 valence electrons. The van der Waals surface area contributed by atoms with Gasteiger partial charge in [-0.2, -0.15) is 0 Å². The van der Waals surface area contributed by atoms with E-state index in [2.05, 4.69) is 44.3 Å². The van der Waals surface area contributed by atoms with Gasteiger partial charge in [0.25, 0.3) is 0 Å². The van der Waals surface area contributed by atoms with Gasteiger partial charge in [0.1, 0.15) is 0 Å². The average molecular weight is 203 g/mol. The summed E-state index contributed by atoms with van der Waals surface area (Å²) in [6, 6.07) is 7.21. The molecule has 2 unspecified atom stereocenters. The Labute approximate surface area is 92.9 Å². The average Bonchev–Trinajstić information content (AvgIpc) is 2.65. The van der Waals surface area contributed by atoms with Gasteiger partial charge in [-0.25, -0.2) is 0 Å². The van der Waals surface area contributed by atoms with Crippen LogP contribution in [0.4, 0.5) is 0 Å². The van der Waals surface area contributed by atoms with Crippen LogP contribution in [0.3, 0.4) is 0 Å². The predicted octanol–water partition coefficient (Wildman–Crippen LogP) is 3.36. The lowest BCUT2D eigenvalue weighted by Gasteiger charge is -2.22. The first-order valence-corrected chi connectivity index (χ1v) is 6.03. The number of benzene rings is 1. The molecule has 0 amide bonds. The van der Waals surface area contributed by atoms with E-state index in [1.165, 1.54) is 30.5 Å². The SMILES string of the molecule is CCC1CCNC1c1c(C)cccc1C. The third-order valence-electron chi connectivity index (χ3n) is 3.73. The Balaban J connectivity index is 2.36. The number of hydrogen-bond acceptors (Lipinski definition) is 1. The van der Waals surface area contributed by atoms with Crippen molar-refractivity contribution in [3.05, 3.63) is 34.9 Å². The summed E-state index contributed by atoms with van der Waals surface area (Å²) in [4.78, 5) is 0. The summed E-state index contributed by atoms with van der Waals surface area (Å²) in [6.45, 7) is 7.94. The number of hydrogen-bond donors (Lipinski definition) is 1. The van der Waals surface area contributed by atoms with Crippen LogP contribution in [-0.4, -0.2) is 6.54 Å². The molecule has 1 fully saturated rings. The molecule has 1 aliphatic heterocycles. The highest BCUT2D eigenvalue weighted by Crippen LogP contribution is 2.34. The maximum atomic E-state index is 3.66. The molecular weight excluding hydrogens is 182 g/mol. The van der Waals surface area contributed by atoms with Gasteiger partial charge >= 0.3 is 0 Å². The molecule has 15 heavy (non-hydrogen) atoms. The Kier molecular flexibility index (Phi) is 3.11. The van der Waals surface area contributed by atoms with Crippen LogP contribution in [0.5, 0.6) is 0 Å². The summed E-state index contributed by atoms with van der Waals surface area (Å²) in [6.07, 6.45) is 2.61. The highest BCUT2D eigenvalue weighted by atomic mass is 15.0. The van der Waals surface area contributed by atoms with E-state index in [1.807, 2.05) is 0 Å². The van der Waals surface area contributed by atoms with Gasteiger partial charge in [0.2, 0.25) is 0 Å². The molecule has 2 rings (SSSR count). The first kappa shape index (κ1) is 10.7. The fourth-order valence-corrected chi connectivity index (χ4v) is 2.85. The molecule has 1 heterocycles. The Morgan fingerprint density at radius 3 is 2.53 bits per heavy atom. The van der Waals surface area contributed by atoms with Crippen molar-refractivity contribution in [2.45, 2.75) is 39.7 Å². The molecule has 1 heteroatoms. The van der Waals surface area contributed by atoms with Crippen LogP contribution in [0.15, 0.2) is 18.2 Å². The van der Waals surface area contributed by atoms with Gasteiger partial charge in [-0.15, -0.1) is 0 Å². The quantitative estimate of drug-likeness (QED) is 0.777. The van der Waals surface area contributed by atoms with Crippen LogP contribution < -0.4 is 5.32 Å². The molecule has 0 aromatic heterocycles. The van der Waals surface area contributed by atoms with E-state index in [4.69, 9.17) is 0 Å². The molecular formula is C14H21N. The molecule has 0 spiro atoms. The van der Waals surface area contributed by atoms with Gasteiger partial charge in [-0.1, -0.05) is 31.5 Å². The molecule has 0 radical (unpaired) electrons. The van der Waals surface area contributed by atoms with Gasteiger partial charge in [-0.3, -0.25) is 0 Å². The monoisotopic (exact) mass is 203 g/mol. The van der Waals surface area contributed by atoms with Crippen molar-refractivity contribution in [1.29, 1.82) is 0 Å². The summed E-state index contributed by atoms with van der Waals surface area (Å²) in [5.41, 5.74) is 4.42.